The van der Waals surface area contributed by atoms with Gasteiger partial charge in [-0.25, -0.2) is 13.1 Å². The third-order valence-electron chi connectivity index (χ3n) is 3.55. The summed E-state index contributed by atoms with van der Waals surface area (Å²) >= 11 is 0. The van der Waals surface area contributed by atoms with E-state index in [1.54, 1.807) is 17.0 Å². The molecule has 1 heterocycles. The summed E-state index contributed by atoms with van der Waals surface area (Å²) < 4.78 is 36.6. The minimum atomic E-state index is -3.55. The van der Waals surface area contributed by atoms with Gasteiger partial charge in [-0.05, 0) is 37.1 Å². The number of carbonyl (C=O) groups is 1. The minimum Gasteiger partial charge on any atom is -0.484 e. The number of nitrogens with one attached hydrogen (secondary N) is 1. The van der Waals surface area contributed by atoms with E-state index in [0.29, 0.717) is 12.4 Å². The first kappa shape index (κ1) is 17.7. The van der Waals surface area contributed by atoms with Crippen molar-refractivity contribution in [1.82, 2.24) is 9.62 Å². The van der Waals surface area contributed by atoms with E-state index in [4.69, 9.17) is 9.47 Å². The van der Waals surface area contributed by atoms with Crippen molar-refractivity contribution in [3.63, 3.8) is 0 Å². The molecule has 1 saturated heterocycles. The summed E-state index contributed by atoms with van der Waals surface area (Å²) in [5.41, 5.74) is 0. The molecule has 0 radical (unpaired) electrons. The number of amides is 1. The van der Waals surface area contributed by atoms with Gasteiger partial charge in [-0.3, -0.25) is 4.79 Å². The molecule has 0 spiro atoms. The number of hydrogen-bond donors (Lipinski definition) is 1. The molecule has 23 heavy (non-hydrogen) atoms. The fourth-order valence-electron chi connectivity index (χ4n) is 2.28. The second kappa shape index (κ2) is 8.28. The smallest absolute Gasteiger partial charge is 0.260 e. The van der Waals surface area contributed by atoms with Crippen LogP contribution < -0.4 is 9.46 Å². The minimum absolute atomic E-state index is 0.0296. The van der Waals surface area contributed by atoms with Gasteiger partial charge in [0.25, 0.3) is 5.91 Å². The summed E-state index contributed by atoms with van der Waals surface area (Å²) in [7, 11) is -2.05. The zero-order valence-electron chi connectivity index (χ0n) is 13.2. The van der Waals surface area contributed by atoms with Gasteiger partial charge in [-0.2, -0.15) is 0 Å². The first-order chi connectivity index (χ1) is 11.0. The number of hydrogen-bond acceptors (Lipinski definition) is 5. The Morgan fingerprint density at radius 2 is 1.87 bits per heavy atom. The van der Waals surface area contributed by atoms with Gasteiger partial charge in [0, 0.05) is 26.7 Å². The molecule has 1 aromatic rings. The van der Waals surface area contributed by atoms with Crippen LogP contribution in [0, 0.1) is 0 Å². The molecule has 0 aromatic heterocycles. The average Bonchev–Trinajstić information content (AvgIpc) is 3.08. The normalized spacial score (nSPS) is 14.9. The van der Waals surface area contributed by atoms with Gasteiger partial charge in [0.2, 0.25) is 10.0 Å². The summed E-state index contributed by atoms with van der Waals surface area (Å²) in [5, 5.41) is 0. The molecular weight excluding hydrogens is 320 g/mol. The highest BCUT2D eigenvalue weighted by atomic mass is 32.2. The molecule has 0 atom stereocenters. The molecule has 8 heteroatoms. The SMILES string of the molecule is COCCNS(=O)(=O)c1ccc(OCC(=O)N2CCCC2)cc1. The summed E-state index contributed by atoms with van der Waals surface area (Å²) in [6, 6.07) is 5.99. The lowest BCUT2D eigenvalue weighted by atomic mass is 10.3. The Balaban J connectivity index is 1.87. The molecule has 7 nitrogen and oxygen atoms in total. The number of rotatable bonds is 8. The Morgan fingerprint density at radius 3 is 2.48 bits per heavy atom. The van der Waals surface area contributed by atoms with E-state index in [1.807, 2.05) is 0 Å². The second-order valence-electron chi connectivity index (χ2n) is 5.24. The zero-order chi connectivity index (χ0) is 16.7. The molecule has 1 N–H and O–H groups in total. The third kappa shape index (κ3) is 5.19. The molecule has 1 fully saturated rings. The number of sulfonamides is 1. The number of nitrogens with zero attached hydrogens (tertiary/aromatic N) is 1. The van der Waals surface area contributed by atoms with E-state index in [-0.39, 0.29) is 24.0 Å². The molecule has 0 unspecified atom stereocenters. The van der Waals surface area contributed by atoms with Crippen LogP contribution >= 0.6 is 0 Å². The van der Waals surface area contributed by atoms with Gasteiger partial charge in [0.1, 0.15) is 5.75 Å². The van der Waals surface area contributed by atoms with Crippen LogP contribution in [0.2, 0.25) is 0 Å². The van der Waals surface area contributed by atoms with Gasteiger partial charge in [0.15, 0.2) is 6.61 Å². The predicted octanol–water partition coefficient (Wildman–Crippen LogP) is 0.612. The van der Waals surface area contributed by atoms with Crippen molar-refractivity contribution in [2.45, 2.75) is 17.7 Å². The molecule has 1 aliphatic heterocycles. The predicted molar refractivity (Wildman–Crippen MR) is 84.8 cm³/mol. The maximum Gasteiger partial charge on any atom is 0.260 e. The summed E-state index contributed by atoms with van der Waals surface area (Å²) in [6.07, 6.45) is 2.07. The maximum absolute atomic E-state index is 12.0. The second-order valence-corrected chi connectivity index (χ2v) is 7.01. The Kier molecular flexibility index (Phi) is 6.37. The fraction of sp³-hybridized carbons (Fsp3) is 0.533. The Hall–Kier alpha value is -1.64. The van der Waals surface area contributed by atoms with Crippen molar-refractivity contribution in [3.05, 3.63) is 24.3 Å². The van der Waals surface area contributed by atoms with Gasteiger partial charge in [-0.15, -0.1) is 0 Å². The van der Waals surface area contributed by atoms with Crippen molar-refractivity contribution < 1.29 is 22.7 Å². The van der Waals surface area contributed by atoms with E-state index in [9.17, 15) is 13.2 Å². The summed E-state index contributed by atoms with van der Waals surface area (Å²) in [4.78, 5) is 13.8. The lowest BCUT2D eigenvalue weighted by Crippen LogP contribution is -2.32. The lowest BCUT2D eigenvalue weighted by Gasteiger charge is -2.15. The van der Waals surface area contributed by atoms with Crippen molar-refractivity contribution in [1.29, 1.82) is 0 Å². The van der Waals surface area contributed by atoms with Crippen LogP contribution in [0.4, 0.5) is 0 Å². The molecule has 1 amide bonds. The van der Waals surface area contributed by atoms with Crippen molar-refractivity contribution >= 4 is 15.9 Å². The molecule has 0 saturated carbocycles. The Bertz CT molecular complexity index is 609. The lowest BCUT2D eigenvalue weighted by molar-refractivity contribution is -0.132. The maximum atomic E-state index is 12.0. The van der Waals surface area contributed by atoms with Gasteiger partial charge >= 0.3 is 0 Å². The molecule has 1 aromatic carbocycles. The number of methoxy groups -OCH3 is 1. The summed E-state index contributed by atoms with van der Waals surface area (Å²) in [5.74, 6) is 0.425. The number of carbonyl (C=O) groups excluding carboxylic acids is 1. The highest BCUT2D eigenvalue weighted by Crippen LogP contribution is 2.16. The first-order valence-corrected chi connectivity index (χ1v) is 9.00. The van der Waals surface area contributed by atoms with Crippen LogP contribution in [0.15, 0.2) is 29.2 Å². The summed E-state index contributed by atoms with van der Waals surface area (Å²) in [6.45, 7) is 2.05. The molecule has 0 bridgehead atoms. The fourth-order valence-corrected chi connectivity index (χ4v) is 3.29. The zero-order valence-corrected chi connectivity index (χ0v) is 14.0. The third-order valence-corrected chi connectivity index (χ3v) is 5.03. The standard InChI is InChI=1S/C15H22N2O5S/c1-21-11-8-16-23(19,20)14-6-4-13(5-7-14)22-12-15(18)17-9-2-3-10-17/h4-7,16H,2-3,8-12H2,1H3. The molecule has 1 aliphatic rings. The van der Waals surface area contributed by atoms with E-state index in [1.165, 1.54) is 19.2 Å². The topological polar surface area (TPSA) is 84.9 Å². The van der Waals surface area contributed by atoms with Crippen LogP contribution in [0.5, 0.6) is 5.75 Å². The van der Waals surface area contributed by atoms with Crippen molar-refractivity contribution in [2.75, 3.05) is 40.0 Å². The van der Waals surface area contributed by atoms with E-state index in [2.05, 4.69) is 4.72 Å². The van der Waals surface area contributed by atoms with Crippen LogP contribution in [-0.2, 0) is 19.6 Å². The van der Waals surface area contributed by atoms with Crippen molar-refractivity contribution in [3.8, 4) is 5.75 Å². The average molecular weight is 342 g/mol. The highest BCUT2D eigenvalue weighted by Gasteiger charge is 2.18. The molecular formula is C15H22N2O5S. The van der Waals surface area contributed by atoms with Crippen molar-refractivity contribution in [2.24, 2.45) is 0 Å². The van der Waals surface area contributed by atoms with Gasteiger partial charge in [0.05, 0.1) is 11.5 Å². The van der Waals surface area contributed by atoms with E-state index in [0.717, 1.165) is 25.9 Å². The van der Waals surface area contributed by atoms with Gasteiger partial charge < -0.3 is 14.4 Å². The van der Waals surface area contributed by atoms with E-state index < -0.39 is 10.0 Å². The highest BCUT2D eigenvalue weighted by molar-refractivity contribution is 7.89. The van der Waals surface area contributed by atoms with Crippen LogP contribution in [-0.4, -0.2) is 59.2 Å². The largest absolute Gasteiger partial charge is 0.484 e. The molecule has 128 valence electrons. The number of benzene rings is 1. The van der Waals surface area contributed by atoms with Gasteiger partial charge in [-0.1, -0.05) is 0 Å². The Labute approximate surface area is 136 Å². The number of likely N-dealkylation sites (tertiary alicyclic amines) is 1. The Morgan fingerprint density at radius 1 is 1.22 bits per heavy atom. The monoisotopic (exact) mass is 342 g/mol. The van der Waals surface area contributed by atoms with Crippen LogP contribution in [0.25, 0.3) is 0 Å². The quantitative estimate of drug-likeness (QED) is 0.700. The van der Waals surface area contributed by atoms with Crippen LogP contribution in [0.3, 0.4) is 0 Å². The molecule has 2 rings (SSSR count). The number of ether oxygens (including phenoxy) is 2. The van der Waals surface area contributed by atoms with E-state index >= 15 is 0 Å². The molecule has 0 aliphatic carbocycles. The first-order valence-electron chi connectivity index (χ1n) is 7.52. The van der Waals surface area contributed by atoms with Crippen LogP contribution in [0.1, 0.15) is 12.8 Å².